The number of carbonyl (C=O) groups is 3. The molecular weight excluding hydrogens is 600 g/mol. The van der Waals surface area contributed by atoms with Crippen LogP contribution in [0, 0.1) is 17.8 Å². The van der Waals surface area contributed by atoms with E-state index in [0.29, 0.717) is 24.1 Å². The monoisotopic (exact) mass is 652 g/mol. The van der Waals surface area contributed by atoms with E-state index in [1.54, 1.807) is 4.90 Å². The first-order valence-electron chi connectivity index (χ1n) is 18.5. The Morgan fingerprint density at radius 1 is 0.917 bits per heavy atom. The van der Waals surface area contributed by atoms with Crippen LogP contribution in [0.3, 0.4) is 0 Å². The number of fused-ring (bicyclic) bond motifs is 1. The Morgan fingerprint density at radius 2 is 1.65 bits per heavy atom. The standard InChI is InChI=1S/C40H52N4O4/c1-27(2)30-14-16-32(17-15-30)41-37(45)34-33-18-21-40(48-33)35(34)39(47)44(36(40)38(46)42-31-12-7-4-8-13-31)23-9-22-43-24-19-29(20-25-43)26-28-10-5-3-6-11-28/h3,5-6,10-11,14-18,21,27,29,31,33-36H,4,7-9,12-13,19-20,22-26H2,1-2H3,(H,41,45)(H,42,46)/t33-,34?,35-,36?,40?/m1/s1. The molecule has 4 aliphatic heterocycles. The third-order valence-electron chi connectivity index (χ3n) is 11.7. The lowest BCUT2D eigenvalue weighted by molar-refractivity contribution is -0.141. The van der Waals surface area contributed by atoms with E-state index in [0.717, 1.165) is 58.2 Å². The molecule has 1 saturated carbocycles. The second-order valence-electron chi connectivity index (χ2n) is 15.2. The fourth-order valence-corrected chi connectivity index (χ4v) is 9.04. The minimum Gasteiger partial charge on any atom is -0.359 e. The van der Waals surface area contributed by atoms with Crippen LogP contribution in [0.2, 0.25) is 0 Å². The van der Waals surface area contributed by atoms with Gasteiger partial charge in [-0.15, -0.1) is 0 Å². The number of piperidine rings is 1. The summed E-state index contributed by atoms with van der Waals surface area (Å²) in [6.45, 7) is 7.73. The molecule has 8 nitrogen and oxygen atoms in total. The molecule has 4 fully saturated rings. The van der Waals surface area contributed by atoms with Gasteiger partial charge in [0.15, 0.2) is 0 Å². The third kappa shape index (κ3) is 6.58. The number of anilines is 1. The maximum atomic E-state index is 14.4. The van der Waals surface area contributed by atoms with E-state index in [2.05, 4.69) is 59.7 Å². The molecule has 0 aromatic heterocycles. The maximum absolute atomic E-state index is 14.4. The first-order chi connectivity index (χ1) is 23.3. The highest BCUT2D eigenvalue weighted by molar-refractivity contribution is 6.02. The number of rotatable bonds is 11. The van der Waals surface area contributed by atoms with Crippen LogP contribution in [0.1, 0.15) is 82.3 Å². The van der Waals surface area contributed by atoms with E-state index >= 15 is 0 Å². The molecule has 5 aliphatic rings. The van der Waals surface area contributed by atoms with Crippen molar-refractivity contribution in [1.82, 2.24) is 15.1 Å². The van der Waals surface area contributed by atoms with Crippen LogP contribution in [-0.4, -0.2) is 77.5 Å². The van der Waals surface area contributed by atoms with Crippen molar-refractivity contribution in [2.45, 2.75) is 101 Å². The van der Waals surface area contributed by atoms with E-state index < -0.39 is 29.6 Å². The number of ether oxygens (including phenoxy) is 1. The second kappa shape index (κ2) is 14.2. The lowest BCUT2D eigenvalue weighted by Gasteiger charge is -2.35. The zero-order valence-electron chi connectivity index (χ0n) is 28.6. The number of nitrogens with one attached hydrogen (secondary N) is 2. The van der Waals surface area contributed by atoms with Gasteiger partial charge in [0.05, 0.1) is 17.9 Å². The van der Waals surface area contributed by atoms with Gasteiger partial charge in [0, 0.05) is 18.3 Å². The molecule has 3 amide bonds. The topological polar surface area (TPSA) is 91.0 Å². The number of carbonyl (C=O) groups excluding carboxylic acids is 3. The molecule has 8 heteroatoms. The Morgan fingerprint density at radius 3 is 2.35 bits per heavy atom. The Balaban J connectivity index is 1.03. The van der Waals surface area contributed by atoms with Gasteiger partial charge >= 0.3 is 0 Å². The summed E-state index contributed by atoms with van der Waals surface area (Å²) >= 11 is 0. The normalized spacial score (nSPS) is 29.1. The van der Waals surface area contributed by atoms with Crippen molar-refractivity contribution in [3.63, 3.8) is 0 Å². The minimum absolute atomic E-state index is 0.117. The molecule has 48 heavy (non-hydrogen) atoms. The van der Waals surface area contributed by atoms with Gasteiger partial charge in [-0.2, -0.15) is 0 Å². The molecule has 5 atom stereocenters. The molecule has 7 rings (SSSR count). The highest BCUT2D eigenvalue weighted by atomic mass is 16.5. The third-order valence-corrected chi connectivity index (χ3v) is 11.7. The average Bonchev–Trinajstić information content (AvgIpc) is 3.74. The van der Waals surface area contributed by atoms with Crippen molar-refractivity contribution in [3.05, 3.63) is 77.9 Å². The fraction of sp³-hybridized carbons (Fsp3) is 0.575. The van der Waals surface area contributed by atoms with E-state index in [1.165, 1.54) is 30.4 Å². The smallest absolute Gasteiger partial charge is 0.246 e. The van der Waals surface area contributed by atoms with Crippen LogP contribution in [0.4, 0.5) is 5.69 Å². The number of hydrogen-bond donors (Lipinski definition) is 2. The zero-order valence-corrected chi connectivity index (χ0v) is 28.6. The summed E-state index contributed by atoms with van der Waals surface area (Å²) < 4.78 is 6.58. The van der Waals surface area contributed by atoms with Crippen LogP contribution >= 0.6 is 0 Å². The Kier molecular flexibility index (Phi) is 9.75. The van der Waals surface area contributed by atoms with Crippen LogP contribution in [-0.2, 0) is 25.5 Å². The van der Waals surface area contributed by atoms with Gasteiger partial charge in [0.2, 0.25) is 17.7 Å². The first kappa shape index (κ1) is 33.0. The molecule has 2 aromatic rings. The fourth-order valence-electron chi connectivity index (χ4n) is 9.04. The molecule has 2 N–H and O–H groups in total. The second-order valence-corrected chi connectivity index (χ2v) is 15.2. The van der Waals surface area contributed by atoms with E-state index in [-0.39, 0.29) is 23.8 Å². The Hall–Kier alpha value is -3.49. The van der Waals surface area contributed by atoms with Crippen molar-refractivity contribution in [3.8, 4) is 0 Å². The van der Waals surface area contributed by atoms with Crippen molar-refractivity contribution in [1.29, 1.82) is 0 Å². The molecule has 0 radical (unpaired) electrons. The number of likely N-dealkylation sites (tertiary alicyclic amines) is 2. The van der Waals surface area contributed by atoms with Gasteiger partial charge in [0.1, 0.15) is 11.6 Å². The number of nitrogens with zero attached hydrogens (tertiary/aromatic N) is 2. The van der Waals surface area contributed by atoms with E-state index in [1.807, 2.05) is 36.4 Å². The summed E-state index contributed by atoms with van der Waals surface area (Å²) in [4.78, 5) is 46.7. The van der Waals surface area contributed by atoms with Gasteiger partial charge in [-0.1, -0.05) is 87.7 Å². The summed E-state index contributed by atoms with van der Waals surface area (Å²) in [5, 5.41) is 6.37. The van der Waals surface area contributed by atoms with E-state index in [9.17, 15) is 14.4 Å². The Labute approximate surface area is 285 Å². The molecule has 2 bridgehead atoms. The highest BCUT2D eigenvalue weighted by Crippen LogP contribution is 2.55. The van der Waals surface area contributed by atoms with Gasteiger partial charge in [-0.25, -0.2) is 0 Å². The first-order valence-corrected chi connectivity index (χ1v) is 18.5. The zero-order chi connectivity index (χ0) is 33.3. The van der Waals surface area contributed by atoms with Crippen LogP contribution < -0.4 is 10.6 Å². The van der Waals surface area contributed by atoms with Crippen molar-refractivity contribution < 1.29 is 19.1 Å². The van der Waals surface area contributed by atoms with Gasteiger partial charge in [-0.3, -0.25) is 14.4 Å². The van der Waals surface area contributed by atoms with Crippen LogP contribution in [0.25, 0.3) is 0 Å². The number of amides is 3. The number of hydrogen-bond acceptors (Lipinski definition) is 5. The lowest BCUT2D eigenvalue weighted by Crippen LogP contribution is -2.56. The predicted molar refractivity (Wildman–Crippen MR) is 187 cm³/mol. The molecular formula is C40H52N4O4. The molecule has 2 aromatic carbocycles. The van der Waals surface area contributed by atoms with E-state index in [4.69, 9.17) is 4.74 Å². The summed E-state index contributed by atoms with van der Waals surface area (Å²) in [5.74, 6) is -0.829. The summed E-state index contributed by atoms with van der Waals surface area (Å²) in [6, 6.07) is 18.0. The lowest BCUT2D eigenvalue weighted by atomic mass is 9.74. The number of benzene rings is 2. The van der Waals surface area contributed by atoms with Crippen LogP contribution in [0.5, 0.6) is 0 Å². The van der Waals surface area contributed by atoms with Gasteiger partial charge in [0.25, 0.3) is 0 Å². The van der Waals surface area contributed by atoms with Crippen molar-refractivity contribution >= 4 is 23.4 Å². The van der Waals surface area contributed by atoms with Gasteiger partial charge in [-0.05, 0) is 93.3 Å². The van der Waals surface area contributed by atoms with Crippen molar-refractivity contribution in [2.24, 2.45) is 17.8 Å². The molecule has 256 valence electrons. The summed E-state index contributed by atoms with van der Waals surface area (Å²) in [7, 11) is 0. The molecule has 3 unspecified atom stereocenters. The minimum atomic E-state index is -1.13. The largest absolute Gasteiger partial charge is 0.359 e. The quantitative estimate of drug-likeness (QED) is 0.305. The Bertz CT molecular complexity index is 1480. The highest BCUT2D eigenvalue weighted by Gasteiger charge is 2.72. The van der Waals surface area contributed by atoms with Crippen LogP contribution in [0.15, 0.2) is 66.7 Å². The molecule has 1 spiro atoms. The average molecular weight is 653 g/mol. The predicted octanol–water partition coefficient (Wildman–Crippen LogP) is 5.69. The van der Waals surface area contributed by atoms with Gasteiger partial charge < -0.3 is 25.2 Å². The summed E-state index contributed by atoms with van der Waals surface area (Å²) in [5.41, 5.74) is 2.18. The summed E-state index contributed by atoms with van der Waals surface area (Å²) in [6.07, 6.45) is 12.9. The SMILES string of the molecule is CC(C)c1ccc(NC(=O)C2[C@H]3C=CC4(O3)C(C(=O)NC3CCCCC3)N(CCCN3CCC(Cc5ccccc5)CC3)C(=O)[C@@H]24)cc1. The maximum Gasteiger partial charge on any atom is 0.246 e. The van der Waals surface area contributed by atoms with Crippen molar-refractivity contribution in [2.75, 3.05) is 31.5 Å². The molecule has 3 saturated heterocycles. The molecule has 4 heterocycles. The molecule has 1 aliphatic carbocycles.